The zero-order chi connectivity index (χ0) is 42.7. The minimum atomic E-state index is -0.726. The van der Waals surface area contributed by atoms with Crippen molar-refractivity contribution in [3.05, 3.63) is 81.9 Å². The summed E-state index contributed by atoms with van der Waals surface area (Å²) in [6, 6.07) is 12.4. The normalized spacial score (nSPS) is 20.1. The van der Waals surface area contributed by atoms with Gasteiger partial charge >= 0.3 is 6.03 Å². The first-order valence-corrected chi connectivity index (χ1v) is 21.1. The van der Waals surface area contributed by atoms with Crippen LogP contribution in [0.25, 0.3) is 21.8 Å². The highest BCUT2D eigenvalue weighted by Gasteiger charge is 2.43. The summed E-state index contributed by atoms with van der Waals surface area (Å²) in [5, 5.41) is 17.1. The molecular weight excluding hydrogens is 769 g/mol. The lowest BCUT2D eigenvalue weighted by Gasteiger charge is -2.45. The van der Waals surface area contributed by atoms with Gasteiger partial charge in [-0.05, 0) is 137 Å². The molecule has 1 spiro atoms. The van der Waals surface area contributed by atoms with Crippen LogP contribution in [-0.4, -0.2) is 62.3 Å². The van der Waals surface area contributed by atoms with Crippen LogP contribution in [0.3, 0.4) is 0 Å². The molecule has 1 atom stereocenters. The van der Waals surface area contributed by atoms with Gasteiger partial charge in [-0.1, -0.05) is 20.8 Å². The Balaban J connectivity index is 0.00000268. The molecular formula is C45H53F2N9O4. The molecule has 15 heteroatoms. The van der Waals surface area contributed by atoms with Gasteiger partial charge in [-0.15, -0.1) is 0 Å². The molecule has 13 nitrogen and oxygen atoms in total. The van der Waals surface area contributed by atoms with Crippen molar-refractivity contribution in [1.29, 1.82) is 5.26 Å². The monoisotopic (exact) mass is 821 g/mol. The Morgan fingerprint density at radius 2 is 1.78 bits per heavy atom. The van der Waals surface area contributed by atoms with E-state index in [1.54, 1.807) is 40.8 Å². The zero-order valence-electron chi connectivity index (χ0n) is 34.7. The molecule has 8 rings (SSSR count). The number of hydrogen-bond donors (Lipinski definition) is 2. The predicted molar refractivity (Wildman–Crippen MR) is 227 cm³/mol. The quantitative estimate of drug-likeness (QED) is 0.110. The van der Waals surface area contributed by atoms with E-state index in [1.807, 2.05) is 32.9 Å². The second-order valence-electron chi connectivity index (χ2n) is 16.2. The van der Waals surface area contributed by atoms with E-state index >= 15 is 4.39 Å². The predicted octanol–water partition coefficient (Wildman–Crippen LogP) is 8.45. The lowest BCUT2D eigenvalue weighted by Crippen LogP contribution is -2.45. The lowest BCUT2D eigenvalue weighted by molar-refractivity contribution is -0.108. The van der Waals surface area contributed by atoms with E-state index in [2.05, 4.69) is 20.3 Å². The highest BCUT2D eigenvalue weighted by Crippen LogP contribution is 2.51. The Bertz CT molecular complexity index is 2500. The number of likely N-dealkylation sites (tertiary alicyclic amines) is 1. The smallest absolute Gasteiger partial charge is 0.329 e. The summed E-state index contributed by atoms with van der Waals surface area (Å²) in [5.41, 5.74) is 7.76. The number of urea groups is 1. The van der Waals surface area contributed by atoms with Crippen LogP contribution in [0, 0.1) is 28.4 Å². The summed E-state index contributed by atoms with van der Waals surface area (Å²) in [4.78, 5) is 46.1. The number of nitrogens with one attached hydrogen (secondary N) is 1. The fraction of sp³-hybridized carbons (Fsp3) is 0.467. The summed E-state index contributed by atoms with van der Waals surface area (Å²) < 4.78 is 39.7. The van der Waals surface area contributed by atoms with Crippen molar-refractivity contribution in [2.24, 2.45) is 12.5 Å². The van der Waals surface area contributed by atoms with E-state index in [0.717, 1.165) is 82.5 Å². The molecule has 2 aliphatic carbocycles. The minimum Gasteiger partial charge on any atom is -0.453 e. The molecule has 1 aliphatic heterocycles. The molecule has 3 fully saturated rings. The number of nitriles is 1. The number of nitrogen functional groups attached to an aromatic ring is 1. The number of aryl methyl sites for hydroxylation is 1. The van der Waals surface area contributed by atoms with Gasteiger partial charge in [0.1, 0.15) is 23.2 Å². The molecule has 60 heavy (non-hydrogen) atoms. The number of aromatic nitrogens is 4. The number of anilines is 2. The Kier molecular flexibility index (Phi) is 12.5. The zero-order valence-corrected chi connectivity index (χ0v) is 34.7. The maximum absolute atomic E-state index is 15.8. The van der Waals surface area contributed by atoms with Crippen LogP contribution in [0.15, 0.2) is 53.6 Å². The number of halogens is 2. The Labute approximate surface area is 348 Å². The second-order valence-corrected chi connectivity index (χ2v) is 16.2. The van der Waals surface area contributed by atoms with Gasteiger partial charge in [0.15, 0.2) is 17.4 Å². The number of benzene rings is 3. The first-order valence-electron chi connectivity index (χ1n) is 21.1. The molecule has 0 radical (unpaired) electrons. The largest absolute Gasteiger partial charge is 0.453 e. The fourth-order valence-electron chi connectivity index (χ4n) is 9.77. The number of rotatable bonds is 9. The average Bonchev–Trinajstić information content (AvgIpc) is 3.81. The van der Waals surface area contributed by atoms with E-state index in [4.69, 9.17) is 10.5 Å². The topological polar surface area (TPSA) is 164 Å². The van der Waals surface area contributed by atoms with Crippen LogP contribution in [-0.2, 0) is 11.8 Å². The molecule has 3 aromatic carbocycles. The number of hydrogen-bond acceptors (Lipinski definition) is 9. The van der Waals surface area contributed by atoms with Crippen LogP contribution in [0.2, 0.25) is 0 Å². The van der Waals surface area contributed by atoms with Gasteiger partial charge in [0.2, 0.25) is 6.41 Å². The van der Waals surface area contributed by atoms with Gasteiger partial charge in [-0.3, -0.25) is 29.1 Å². The van der Waals surface area contributed by atoms with Gasteiger partial charge < -0.3 is 15.4 Å². The van der Waals surface area contributed by atoms with Gasteiger partial charge in [0, 0.05) is 31.1 Å². The number of imide groups is 1. The highest BCUT2D eigenvalue weighted by atomic mass is 19.1. The summed E-state index contributed by atoms with van der Waals surface area (Å²) in [7, 11) is 1.78. The van der Waals surface area contributed by atoms with E-state index in [-0.39, 0.29) is 51.5 Å². The van der Waals surface area contributed by atoms with Crippen LogP contribution in [0.4, 0.5) is 25.1 Å². The molecule has 3 amide bonds. The van der Waals surface area contributed by atoms with E-state index in [0.29, 0.717) is 53.1 Å². The number of nitrogens with two attached hydrogens (primary N) is 1. The number of carbonyl (C=O) groups is 2. The molecule has 316 valence electrons. The number of fused-ring (bicyclic) bond motifs is 2. The third-order valence-electron chi connectivity index (χ3n) is 12.9. The Morgan fingerprint density at radius 1 is 1.03 bits per heavy atom. The van der Waals surface area contributed by atoms with Crippen molar-refractivity contribution in [2.75, 3.05) is 30.3 Å². The van der Waals surface area contributed by atoms with E-state index < -0.39 is 11.8 Å². The number of amides is 3. The van der Waals surface area contributed by atoms with Crippen LogP contribution < -0.4 is 26.2 Å². The highest BCUT2D eigenvalue weighted by molar-refractivity contribution is 6.03. The molecule has 3 heterocycles. The van der Waals surface area contributed by atoms with Crippen LogP contribution in [0.1, 0.15) is 108 Å². The Hall–Kier alpha value is -5.88. The SMILES string of the molecule is CC.CCCN(C(=O)NC=O)c1nn(C)c2cc(C3CCC(N4CCC5(CCC(n6cnc7ccc(Oc8c(F)ccc(N)c8C#N)cc7c6=O)C5)CC4)CC3)c(F)cc12. The van der Waals surface area contributed by atoms with E-state index in [1.165, 1.54) is 17.0 Å². The summed E-state index contributed by atoms with van der Waals surface area (Å²) >= 11 is 0. The average molecular weight is 822 g/mol. The van der Waals surface area contributed by atoms with Gasteiger partial charge in [-0.2, -0.15) is 10.4 Å². The number of nitrogens with zero attached hydrogens (tertiary/aromatic N) is 7. The molecule has 3 aliphatic rings. The van der Waals surface area contributed by atoms with Crippen molar-refractivity contribution >= 4 is 45.8 Å². The van der Waals surface area contributed by atoms with Crippen molar-refractivity contribution in [2.45, 2.75) is 103 Å². The lowest BCUT2D eigenvalue weighted by atomic mass is 9.75. The molecule has 5 aromatic rings. The first kappa shape index (κ1) is 42.3. The van der Waals surface area contributed by atoms with E-state index in [9.17, 15) is 24.0 Å². The maximum Gasteiger partial charge on any atom is 0.329 e. The first-order chi connectivity index (χ1) is 29.0. The molecule has 2 aromatic heterocycles. The van der Waals surface area contributed by atoms with Crippen molar-refractivity contribution < 1.29 is 23.1 Å². The third kappa shape index (κ3) is 8.04. The maximum atomic E-state index is 15.8. The van der Waals surface area contributed by atoms with Crippen LogP contribution >= 0.6 is 0 Å². The number of ether oxygens (including phenoxy) is 1. The van der Waals surface area contributed by atoms with Gasteiger partial charge in [0.05, 0.1) is 28.4 Å². The Morgan fingerprint density at radius 3 is 2.48 bits per heavy atom. The second kappa shape index (κ2) is 17.8. The fourth-order valence-corrected chi connectivity index (χ4v) is 9.77. The van der Waals surface area contributed by atoms with Crippen LogP contribution in [0.5, 0.6) is 11.5 Å². The summed E-state index contributed by atoms with van der Waals surface area (Å²) in [5.74, 6) is -0.685. The molecule has 1 saturated heterocycles. The standard InChI is InChI=1S/C43H47F2N9O4.C2H6/c1-3-16-53(42(57)49-25-55)40-32-20-35(45)30(21-38(32)51(2)50-40)26-4-6-27(7-5-26)52-17-14-43(15-18-52)13-12-28(22-43)54-24-48-37-11-8-29(19-31(37)41(54)56)58-39-33(23-46)36(47)10-9-34(39)44;1-2/h8-11,19-21,24-28H,3-7,12-18,22,47H2,1-2H3,(H,49,55,57);1-2H3. The summed E-state index contributed by atoms with van der Waals surface area (Å²) in [6.45, 7) is 8.23. The van der Waals surface area contributed by atoms with Crippen molar-refractivity contribution in [3.8, 4) is 17.6 Å². The van der Waals surface area contributed by atoms with Crippen molar-refractivity contribution in [3.63, 3.8) is 0 Å². The molecule has 3 N–H and O–H groups in total. The summed E-state index contributed by atoms with van der Waals surface area (Å²) in [6.07, 6.45) is 11.3. The minimum absolute atomic E-state index is 0.0125. The number of carbonyl (C=O) groups excluding carboxylic acids is 2. The molecule has 2 saturated carbocycles. The third-order valence-corrected chi connectivity index (χ3v) is 12.9. The van der Waals surface area contributed by atoms with Gasteiger partial charge in [-0.25, -0.2) is 18.6 Å². The van der Waals surface area contributed by atoms with Gasteiger partial charge in [0.25, 0.3) is 5.56 Å². The molecule has 0 bridgehead atoms. The van der Waals surface area contributed by atoms with Crippen molar-refractivity contribution in [1.82, 2.24) is 29.5 Å². The number of piperidine rings is 1. The molecule has 1 unspecified atom stereocenters.